The first-order valence-electron chi connectivity index (χ1n) is 10.1. The molecule has 0 aliphatic heterocycles. The predicted octanol–water partition coefficient (Wildman–Crippen LogP) is 7.61. The summed E-state index contributed by atoms with van der Waals surface area (Å²) in [5, 5.41) is 0. The lowest BCUT2D eigenvalue weighted by atomic mass is 9.91. The maximum absolute atomic E-state index is 4.90. The van der Waals surface area contributed by atoms with Crippen LogP contribution in [0.1, 0.15) is 76.3 Å². The minimum absolute atomic E-state index is 0.626. The molecule has 0 spiro atoms. The summed E-state index contributed by atoms with van der Waals surface area (Å²) in [6.45, 7) is 9.18. The Kier molecular flexibility index (Phi) is 7.34. The summed E-state index contributed by atoms with van der Waals surface area (Å²) in [4.78, 5) is 6.38. The Balaban J connectivity index is 2.54. The summed E-state index contributed by atoms with van der Waals surface area (Å²) < 4.78 is 0. The van der Waals surface area contributed by atoms with E-state index in [1.54, 1.807) is 0 Å². The molecule has 0 saturated heterocycles. The van der Waals surface area contributed by atoms with Gasteiger partial charge in [0.1, 0.15) is 0 Å². The van der Waals surface area contributed by atoms with Gasteiger partial charge in [0, 0.05) is 16.7 Å². The number of hydrogen-bond acceptors (Lipinski definition) is 1. The Bertz CT molecular complexity index is 706. The van der Waals surface area contributed by atoms with Crippen LogP contribution in [0.4, 0.5) is 0 Å². The summed E-state index contributed by atoms with van der Waals surface area (Å²) >= 11 is 0. The first-order chi connectivity index (χ1) is 12.3. The molecule has 26 heavy (non-hydrogen) atoms. The normalized spacial score (nSPS) is 12.8. The minimum Gasteiger partial charge on any atom is -0.255 e. The molecule has 0 unspecified atom stereocenters. The van der Waals surface area contributed by atoms with Crippen LogP contribution < -0.4 is 0 Å². The van der Waals surface area contributed by atoms with E-state index < -0.39 is 10.0 Å². The van der Waals surface area contributed by atoms with Crippen molar-refractivity contribution in [3.8, 4) is 11.3 Å². The monoisotopic (exact) mass is 371 g/mol. The van der Waals surface area contributed by atoms with Crippen molar-refractivity contribution in [2.75, 3.05) is 18.8 Å². The molecule has 2 heteroatoms. The standard InChI is InChI=1S/C24H37NS/c1-8-18(9-2)20-13-12-14-21(15-20)23-16-22(19(10-3)11-4)24(17-25-23)26(5,6)7/h12-19H,8-11H2,1-7H3. The van der Waals surface area contributed by atoms with Gasteiger partial charge in [-0.15, -0.1) is 0 Å². The van der Waals surface area contributed by atoms with Gasteiger partial charge in [-0.3, -0.25) is 4.98 Å². The van der Waals surface area contributed by atoms with Gasteiger partial charge in [-0.1, -0.05) is 45.9 Å². The smallest absolute Gasteiger partial charge is 0.0705 e. The summed E-state index contributed by atoms with van der Waals surface area (Å²) in [5.74, 6) is 1.27. The average molecular weight is 372 g/mol. The highest BCUT2D eigenvalue weighted by molar-refractivity contribution is 8.32. The lowest BCUT2D eigenvalue weighted by molar-refractivity contribution is 0.629. The van der Waals surface area contributed by atoms with Crippen molar-refractivity contribution in [3.63, 3.8) is 0 Å². The maximum Gasteiger partial charge on any atom is 0.0705 e. The van der Waals surface area contributed by atoms with Crippen LogP contribution in [0.5, 0.6) is 0 Å². The molecule has 0 fully saturated rings. The van der Waals surface area contributed by atoms with E-state index in [0.717, 1.165) is 5.69 Å². The van der Waals surface area contributed by atoms with Gasteiger partial charge < -0.3 is 0 Å². The molecule has 1 nitrogen and oxygen atoms in total. The molecule has 0 amide bonds. The molecule has 144 valence electrons. The predicted molar refractivity (Wildman–Crippen MR) is 120 cm³/mol. The van der Waals surface area contributed by atoms with Crippen LogP contribution in [0.25, 0.3) is 11.3 Å². The summed E-state index contributed by atoms with van der Waals surface area (Å²) in [6, 6.07) is 11.4. The second-order valence-corrected chi connectivity index (χ2v) is 12.2. The molecule has 1 heterocycles. The molecular formula is C24H37NS. The van der Waals surface area contributed by atoms with Crippen molar-refractivity contribution >= 4 is 10.0 Å². The number of rotatable bonds is 8. The van der Waals surface area contributed by atoms with E-state index in [1.165, 1.54) is 47.3 Å². The SMILES string of the molecule is CCC(CC)c1cccc(-c2cc(C(CC)CC)c(S(C)(C)C)cn2)c1. The molecule has 1 aromatic heterocycles. The number of hydrogen-bond donors (Lipinski definition) is 0. The van der Waals surface area contributed by atoms with Gasteiger partial charge >= 0.3 is 0 Å². The van der Waals surface area contributed by atoms with Crippen LogP contribution in [0.3, 0.4) is 0 Å². The third kappa shape index (κ3) is 4.71. The van der Waals surface area contributed by atoms with Crippen LogP contribution in [0, 0.1) is 0 Å². The van der Waals surface area contributed by atoms with Crippen molar-refractivity contribution in [3.05, 3.63) is 47.7 Å². The summed E-state index contributed by atoms with van der Waals surface area (Å²) in [7, 11) is -0.790. The van der Waals surface area contributed by atoms with Crippen LogP contribution in [-0.2, 0) is 0 Å². The Morgan fingerprint density at radius 1 is 0.846 bits per heavy atom. The van der Waals surface area contributed by atoms with E-state index in [0.29, 0.717) is 11.8 Å². The summed E-state index contributed by atoms with van der Waals surface area (Å²) in [5.41, 5.74) is 5.36. The molecule has 0 N–H and O–H groups in total. The van der Waals surface area contributed by atoms with Crippen LogP contribution >= 0.6 is 10.0 Å². The minimum atomic E-state index is -0.790. The Morgan fingerprint density at radius 3 is 2.00 bits per heavy atom. The van der Waals surface area contributed by atoms with Gasteiger partial charge in [-0.25, -0.2) is 10.0 Å². The van der Waals surface area contributed by atoms with Gasteiger partial charge in [0.15, 0.2) is 0 Å². The molecular weight excluding hydrogens is 334 g/mol. The first-order valence-corrected chi connectivity index (χ1v) is 13.0. The number of pyridine rings is 1. The van der Waals surface area contributed by atoms with Crippen LogP contribution in [-0.4, -0.2) is 23.8 Å². The molecule has 0 saturated carbocycles. The Labute approximate surface area is 163 Å². The van der Waals surface area contributed by atoms with Gasteiger partial charge in [0.25, 0.3) is 0 Å². The quantitative estimate of drug-likeness (QED) is 0.465. The largest absolute Gasteiger partial charge is 0.255 e. The zero-order valence-electron chi connectivity index (χ0n) is 17.8. The van der Waals surface area contributed by atoms with Crippen molar-refractivity contribution in [1.82, 2.24) is 4.98 Å². The second-order valence-electron chi connectivity index (χ2n) is 8.10. The molecule has 0 atom stereocenters. The zero-order chi connectivity index (χ0) is 19.3. The van der Waals surface area contributed by atoms with E-state index in [2.05, 4.69) is 83.0 Å². The Hall–Kier alpha value is -1.28. The third-order valence-electron chi connectivity index (χ3n) is 5.62. The lowest BCUT2D eigenvalue weighted by Crippen LogP contribution is -2.06. The molecule has 0 radical (unpaired) electrons. The van der Waals surface area contributed by atoms with Gasteiger partial charge in [0.2, 0.25) is 0 Å². The summed E-state index contributed by atoms with van der Waals surface area (Å²) in [6.07, 6.45) is 14.1. The zero-order valence-corrected chi connectivity index (χ0v) is 18.6. The van der Waals surface area contributed by atoms with Gasteiger partial charge in [0.05, 0.1) is 5.69 Å². The fraction of sp³-hybridized carbons (Fsp3) is 0.542. The highest BCUT2D eigenvalue weighted by atomic mass is 32.3. The Morgan fingerprint density at radius 2 is 1.46 bits per heavy atom. The highest BCUT2D eigenvalue weighted by Gasteiger charge is 2.20. The maximum atomic E-state index is 4.90. The van der Waals surface area contributed by atoms with E-state index in [1.807, 2.05) is 0 Å². The van der Waals surface area contributed by atoms with Crippen molar-refractivity contribution in [2.24, 2.45) is 0 Å². The van der Waals surface area contributed by atoms with Crippen molar-refractivity contribution in [2.45, 2.75) is 70.1 Å². The fourth-order valence-corrected chi connectivity index (χ4v) is 5.19. The molecule has 0 bridgehead atoms. The van der Waals surface area contributed by atoms with Gasteiger partial charge in [-0.2, -0.15) is 0 Å². The van der Waals surface area contributed by atoms with E-state index in [-0.39, 0.29) is 0 Å². The molecule has 2 aromatic rings. The molecule has 1 aromatic carbocycles. The highest BCUT2D eigenvalue weighted by Crippen LogP contribution is 2.49. The van der Waals surface area contributed by atoms with Crippen LogP contribution in [0.2, 0.25) is 0 Å². The number of nitrogens with zero attached hydrogens (tertiary/aromatic N) is 1. The first kappa shape index (κ1) is 21.0. The number of aromatic nitrogens is 1. The number of benzene rings is 1. The molecule has 0 aliphatic carbocycles. The van der Waals surface area contributed by atoms with Crippen molar-refractivity contribution < 1.29 is 0 Å². The van der Waals surface area contributed by atoms with Crippen molar-refractivity contribution in [1.29, 1.82) is 0 Å². The molecule has 2 rings (SSSR count). The van der Waals surface area contributed by atoms with E-state index in [9.17, 15) is 0 Å². The van der Waals surface area contributed by atoms with E-state index >= 15 is 0 Å². The fourth-order valence-electron chi connectivity index (χ4n) is 3.89. The third-order valence-corrected chi connectivity index (χ3v) is 7.28. The van der Waals surface area contributed by atoms with Gasteiger partial charge in [-0.05, 0) is 79.5 Å². The average Bonchev–Trinajstić information content (AvgIpc) is 2.63. The van der Waals surface area contributed by atoms with Crippen LogP contribution in [0.15, 0.2) is 41.4 Å². The second kappa shape index (κ2) is 9.08. The topological polar surface area (TPSA) is 12.9 Å². The lowest BCUT2D eigenvalue weighted by Gasteiger charge is -2.31. The van der Waals surface area contributed by atoms with E-state index in [4.69, 9.17) is 4.98 Å². The molecule has 0 aliphatic rings.